The van der Waals surface area contributed by atoms with E-state index in [1.807, 2.05) is 25.1 Å². The average molecular weight is 335 g/mol. The first kappa shape index (κ1) is 17.4. The van der Waals surface area contributed by atoms with Gasteiger partial charge in [0.2, 0.25) is 0 Å². The maximum atomic E-state index is 13.1. The minimum Gasteiger partial charge on any atom is -0.352 e. The Morgan fingerprint density at radius 2 is 1.96 bits per heavy atom. The van der Waals surface area contributed by atoms with Crippen LogP contribution in [0.4, 0.5) is 4.39 Å². The third kappa shape index (κ3) is 4.09. The molecule has 1 heterocycles. The largest absolute Gasteiger partial charge is 0.352 e. The molecule has 0 aliphatic carbocycles. The van der Waals surface area contributed by atoms with Crippen molar-refractivity contribution in [1.82, 2.24) is 10.6 Å². The third-order valence-electron chi connectivity index (χ3n) is 4.08. The summed E-state index contributed by atoms with van der Waals surface area (Å²) in [7, 11) is 0. The molecule has 0 saturated carbocycles. The van der Waals surface area contributed by atoms with Crippen LogP contribution in [0.5, 0.6) is 0 Å². The second-order valence-corrected chi connectivity index (χ2v) is 5.66. The number of halogens is 2. The molecule has 2 aromatic rings. The summed E-state index contributed by atoms with van der Waals surface area (Å²) in [5.74, 6) is -0.286. The zero-order valence-corrected chi connectivity index (χ0v) is 13.8. The highest BCUT2D eigenvalue weighted by atomic mass is 35.5. The van der Waals surface area contributed by atoms with Crippen LogP contribution in [0, 0.1) is 12.7 Å². The standard InChI is InChI=1S/C18H19FN2O.ClH/c1-12-8-17(19)5-4-13(12)6-7-21-18(22)14-2-3-15-10-20-11-16(15)9-14;/h2-5,8-9,20H,6-7,10-11H2,1H3,(H,21,22);1H. The summed E-state index contributed by atoms with van der Waals surface area (Å²) in [5.41, 5.74) is 5.12. The number of fused-ring (bicyclic) bond motifs is 1. The molecular weight excluding hydrogens is 315 g/mol. The molecule has 1 amide bonds. The number of nitrogens with one attached hydrogen (secondary N) is 2. The number of hydrogen-bond donors (Lipinski definition) is 2. The summed E-state index contributed by atoms with van der Waals surface area (Å²) >= 11 is 0. The highest BCUT2D eigenvalue weighted by Gasteiger charge is 2.13. The van der Waals surface area contributed by atoms with Crippen molar-refractivity contribution in [3.05, 3.63) is 70.0 Å². The van der Waals surface area contributed by atoms with Gasteiger partial charge in [-0.3, -0.25) is 4.79 Å². The monoisotopic (exact) mass is 334 g/mol. The lowest BCUT2D eigenvalue weighted by atomic mass is 10.0. The van der Waals surface area contributed by atoms with Crippen LogP contribution in [0.1, 0.15) is 32.6 Å². The first-order chi connectivity index (χ1) is 10.6. The van der Waals surface area contributed by atoms with Crippen LogP contribution in [0.25, 0.3) is 0 Å². The van der Waals surface area contributed by atoms with Gasteiger partial charge in [-0.25, -0.2) is 4.39 Å². The van der Waals surface area contributed by atoms with Crippen molar-refractivity contribution < 1.29 is 9.18 Å². The molecule has 3 nitrogen and oxygen atoms in total. The number of amides is 1. The van der Waals surface area contributed by atoms with Crippen molar-refractivity contribution in [2.24, 2.45) is 0 Å². The van der Waals surface area contributed by atoms with E-state index in [1.54, 1.807) is 6.07 Å². The van der Waals surface area contributed by atoms with Gasteiger partial charge in [0.15, 0.2) is 0 Å². The average Bonchev–Trinajstić information content (AvgIpc) is 2.96. The van der Waals surface area contributed by atoms with Gasteiger partial charge in [0.1, 0.15) is 5.82 Å². The van der Waals surface area contributed by atoms with E-state index in [9.17, 15) is 9.18 Å². The minimum absolute atomic E-state index is 0. The lowest BCUT2D eigenvalue weighted by molar-refractivity contribution is 0.0954. The third-order valence-corrected chi connectivity index (χ3v) is 4.08. The SMILES string of the molecule is Cc1cc(F)ccc1CCNC(=O)c1ccc2c(c1)CNC2.Cl. The number of benzene rings is 2. The van der Waals surface area contributed by atoms with E-state index < -0.39 is 0 Å². The Hall–Kier alpha value is -1.91. The molecule has 3 rings (SSSR count). The number of hydrogen-bond acceptors (Lipinski definition) is 2. The fraction of sp³-hybridized carbons (Fsp3) is 0.278. The molecule has 2 aromatic carbocycles. The Morgan fingerprint density at radius 1 is 1.17 bits per heavy atom. The van der Waals surface area contributed by atoms with Crippen LogP contribution >= 0.6 is 12.4 Å². The van der Waals surface area contributed by atoms with Gasteiger partial charge in [-0.15, -0.1) is 12.4 Å². The van der Waals surface area contributed by atoms with E-state index in [4.69, 9.17) is 0 Å². The normalized spacial score (nSPS) is 12.4. The molecule has 2 N–H and O–H groups in total. The maximum Gasteiger partial charge on any atom is 0.251 e. The summed E-state index contributed by atoms with van der Waals surface area (Å²) in [6.07, 6.45) is 0.699. The molecule has 0 radical (unpaired) electrons. The zero-order chi connectivity index (χ0) is 15.5. The molecule has 0 bridgehead atoms. The van der Waals surface area contributed by atoms with Gasteiger partial charge >= 0.3 is 0 Å². The van der Waals surface area contributed by atoms with Crippen molar-refractivity contribution >= 4 is 18.3 Å². The Bertz CT molecular complexity index is 718. The molecule has 0 unspecified atom stereocenters. The van der Waals surface area contributed by atoms with E-state index in [2.05, 4.69) is 10.6 Å². The zero-order valence-electron chi connectivity index (χ0n) is 13.0. The van der Waals surface area contributed by atoms with E-state index in [0.717, 1.165) is 24.2 Å². The lowest BCUT2D eigenvalue weighted by Gasteiger charge is -2.09. The topological polar surface area (TPSA) is 41.1 Å². The number of aryl methyl sites for hydroxylation is 1. The fourth-order valence-corrected chi connectivity index (χ4v) is 2.79. The van der Waals surface area contributed by atoms with Crippen molar-refractivity contribution in [1.29, 1.82) is 0 Å². The van der Waals surface area contributed by atoms with Gasteiger partial charge in [-0.1, -0.05) is 12.1 Å². The smallest absolute Gasteiger partial charge is 0.251 e. The van der Waals surface area contributed by atoms with Crippen LogP contribution < -0.4 is 10.6 Å². The van der Waals surface area contributed by atoms with Crippen molar-refractivity contribution in [2.45, 2.75) is 26.4 Å². The van der Waals surface area contributed by atoms with Crippen LogP contribution in [0.15, 0.2) is 36.4 Å². The van der Waals surface area contributed by atoms with Gasteiger partial charge in [0.25, 0.3) is 5.91 Å². The first-order valence-electron chi connectivity index (χ1n) is 7.49. The highest BCUT2D eigenvalue weighted by molar-refractivity contribution is 5.94. The number of rotatable bonds is 4. The summed E-state index contributed by atoms with van der Waals surface area (Å²) < 4.78 is 13.1. The minimum atomic E-state index is -0.225. The van der Waals surface area contributed by atoms with Gasteiger partial charge in [0, 0.05) is 25.2 Å². The molecule has 0 atom stereocenters. The highest BCUT2D eigenvalue weighted by Crippen LogP contribution is 2.17. The van der Waals surface area contributed by atoms with E-state index >= 15 is 0 Å². The molecule has 0 spiro atoms. The molecule has 122 valence electrons. The predicted octanol–water partition coefficient (Wildman–Crippen LogP) is 3.13. The van der Waals surface area contributed by atoms with Gasteiger partial charge in [0.05, 0.1) is 0 Å². The Kier molecular flexibility index (Phi) is 5.74. The van der Waals surface area contributed by atoms with Crippen LogP contribution in [-0.4, -0.2) is 12.5 Å². The molecule has 23 heavy (non-hydrogen) atoms. The number of carbonyl (C=O) groups excluding carboxylic acids is 1. The van der Waals surface area contributed by atoms with Crippen molar-refractivity contribution in [3.63, 3.8) is 0 Å². The van der Waals surface area contributed by atoms with Gasteiger partial charge < -0.3 is 10.6 Å². The molecule has 1 aliphatic heterocycles. The van der Waals surface area contributed by atoms with Gasteiger partial charge in [-0.2, -0.15) is 0 Å². The molecule has 0 aromatic heterocycles. The summed E-state index contributed by atoms with van der Waals surface area (Å²) in [6.45, 7) is 4.13. The Morgan fingerprint density at radius 3 is 2.74 bits per heavy atom. The fourth-order valence-electron chi connectivity index (χ4n) is 2.79. The number of carbonyl (C=O) groups is 1. The van der Waals surface area contributed by atoms with Crippen molar-refractivity contribution in [3.8, 4) is 0 Å². The van der Waals surface area contributed by atoms with Crippen LogP contribution in [0.2, 0.25) is 0 Å². The maximum absolute atomic E-state index is 13.1. The molecular formula is C18H20ClFN2O. The predicted molar refractivity (Wildman–Crippen MR) is 91.4 cm³/mol. The second-order valence-electron chi connectivity index (χ2n) is 5.66. The second kappa shape index (κ2) is 7.57. The molecule has 0 saturated heterocycles. The lowest BCUT2D eigenvalue weighted by Crippen LogP contribution is -2.26. The first-order valence-corrected chi connectivity index (χ1v) is 7.49. The molecule has 1 aliphatic rings. The molecule has 0 fully saturated rings. The summed E-state index contributed by atoms with van der Waals surface area (Å²) in [6, 6.07) is 10.6. The van der Waals surface area contributed by atoms with Gasteiger partial charge in [-0.05, 0) is 59.9 Å². The van der Waals surface area contributed by atoms with E-state index in [-0.39, 0.29) is 24.1 Å². The van der Waals surface area contributed by atoms with Crippen LogP contribution in [-0.2, 0) is 19.5 Å². The Balaban J connectivity index is 0.00000192. The van der Waals surface area contributed by atoms with E-state index in [0.29, 0.717) is 18.5 Å². The quantitative estimate of drug-likeness (QED) is 0.902. The Labute approximate surface area is 141 Å². The van der Waals surface area contributed by atoms with E-state index in [1.165, 1.54) is 23.3 Å². The summed E-state index contributed by atoms with van der Waals surface area (Å²) in [4.78, 5) is 12.2. The summed E-state index contributed by atoms with van der Waals surface area (Å²) in [5, 5.41) is 6.19. The van der Waals surface area contributed by atoms with Crippen LogP contribution in [0.3, 0.4) is 0 Å². The van der Waals surface area contributed by atoms with Crippen molar-refractivity contribution in [2.75, 3.05) is 6.54 Å². The molecule has 5 heteroatoms.